The van der Waals surface area contributed by atoms with Gasteiger partial charge in [0.2, 0.25) is 18.6 Å². The van der Waals surface area contributed by atoms with Gasteiger partial charge < -0.3 is 19.7 Å². The number of likely N-dealkylation sites (tertiary alicyclic amines) is 1. The maximum atomic E-state index is 12.5. The number of hydrogen-bond donors (Lipinski definition) is 1. The van der Waals surface area contributed by atoms with Crippen LogP contribution in [0.4, 0.5) is 11.4 Å². The van der Waals surface area contributed by atoms with Gasteiger partial charge in [-0.3, -0.25) is 14.5 Å². The number of amides is 2. The minimum atomic E-state index is -0.110. The minimum Gasteiger partial charge on any atom is -0.454 e. The van der Waals surface area contributed by atoms with Crippen molar-refractivity contribution in [1.82, 2.24) is 4.90 Å². The first-order valence-corrected chi connectivity index (χ1v) is 7.98. The van der Waals surface area contributed by atoms with E-state index >= 15 is 0 Å². The zero-order valence-electron chi connectivity index (χ0n) is 12.8. The van der Waals surface area contributed by atoms with Crippen LogP contribution < -0.4 is 19.7 Å². The maximum Gasteiger partial charge on any atom is 0.246 e. The highest BCUT2D eigenvalue weighted by Crippen LogP contribution is 2.42. The first-order valence-electron chi connectivity index (χ1n) is 7.98. The Bertz CT molecular complexity index is 655. The van der Waals surface area contributed by atoms with E-state index in [1.54, 1.807) is 11.0 Å². The standard InChI is InChI=1S/C16H19N3O4/c20-15-8-17-11-6-13-14(23-10-22-13)7-12(11)19(15)9-16(21)18-4-2-1-3-5-18/h6-7,17H,1-5,8-10H2. The van der Waals surface area contributed by atoms with Crippen molar-refractivity contribution in [2.45, 2.75) is 19.3 Å². The molecule has 0 radical (unpaired) electrons. The van der Waals surface area contributed by atoms with Gasteiger partial charge >= 0.3 is 0 Å². The molecule has 122 valence electrons. The number of anilines is 2. The molecule has 23 heavy (non-hydrogen) atoms. The molecule has 3 aliphatic heterocycles. The molecule has 1 saturated heterocycles. The first kappa shape index (κ1) is 14.2. The van der Waals surface area contributed by atoms with E-state index in [1.165, 1.54) is 6.42 Å². The third kappa shape index (κ3) is 2.56. The van der Waals surface area contributed by atoms with E-state index in [-0.39, 0.29) is 31.7 Å². The van der Waals surface area contributed by atoms with Crippen LogP contribution in [0, 0.1) is 0 Å². The molecule has 0 aliphatic carbocycles. The molecule has 7 nitrogen and oxygen atoms in total. The number of fused-ring (bicyclic) bond motifs is 2. The average Bonchev–Trinajstić information content (AvgIpc) is 3.04. The second-order valence-corrected chi connectivity index (χ2v) is 6.00. The molecule has 2 amide bonds. The zero-order chi connectivity index (χ0) is 15.8. The van der Waals surface area contributed by atoms with Crippen molar-refractivity contribution in [2.75, 3.05) is 43.2 Å². The molecule has 0 aromatic heterocycles. The monoisotopic (exact) mass is 317 g/mol. The van der Waals surface area contributed by atoms with Crippen LogP contribution >= 0.6 is 0 Å². The number of piperidine rings is 1. The van der Waals surface area contributed by atoms with Gasteiger partial charge in [0.1, 0.15) is 6.54 Å². The number of nitrogens with one attached hydrogen (secondary N) is 1. The Morgan fingerprint density at radius 1 is 1.13 bits per heavy atom. The third-order valence-electron chi connectivity index (χ3n) is 4.51. The van der Waals surface area contributed by atoms with E-state index in [9.17, 15) is 9.59 Å². The lowest BCUT2D eigenvalue weighted by Gasteiger charge is -2.33. The molecule has 3 heterocycles. The quantitative estimate of drug-likeness (QED) is 0.887. The van der Waals surface area contributed by atoms with Crippen LogP contribution in [0.1, 0.15) is 19.3 Å². The molecule has 0 atom stereocenters. The fourth-order valence-corrected chi connectivity index (χ4v) is 3.25. The predicted molar refractivity (Wildman–Crippen MR) is 83.8 cm³/mol. The van der Waals surface area contributed by atoms with Crippen molar-refractivity contribution in [2.24, 2.45) is 0 Å². The van der Waals surface area contributed by atoms with Crippen LogP contribution in [0.25, 0.3) is 0 Å². The molecule has 1 aromatic rings. The average molecular weight is 317 g/mol. The Morgan fingerprint density at radius 2 is 1.87 bits per heavy atom. The highest BCUT2D eigenvalue weighted by atomic mass is 16.7. The van der Waals surface area contributed by atoms with Gasteiger partial charge in [-0.1, -0.05) is 0 Å². The molecule has 0 spiro atoms. The van der Waals surface area contributed by atoms with E-state index < -0.39 is 0 Å². The van der Waals surface area contributed by atoms with Gasteiger partial charge in [0.05, 0.1) is 17.9 Å². The lowest BCUT2D eigenvalue weighted by atomic mass is 10.1. The molecule has 1 aromatic carbocycles. The SMILES string of the molecule is O=C(CN1C(=O)CNc2cc3c(cc21)OCO3)N1CCCCC1. The molecule has 1 N–H and O–H groups in total. The van der Waals surface area contributed by atoms with Crippen molar-refractivity contribution < 1.29 is 19.1 Å². The molecule has 0 unspecified atom stereocenters. The summed E-state index contributed by atoms with van der Waals surface area (Å²) < 4.78 is 10.7. The minimum absolute atomic E-state index is 0.00330. The number of carbonyl (C=O) groups excluding carboxylic acids is 2. The second kappa shape index (κ2) is 5.64. The van der Waals surface area contributed by atoms with Gasteiger partial charge in [-0.2, -0.15) is 0 Å². The van der Waals surface area contributed by atoms with Gasteiger partial charge in [-0.05, 0) is 19.3 Å². The molecule has 4 rings (SSSR count). The van der Waals surface area contributed by atoms with E-state index in [2.05, 4.69) is 5.32 Å². The molecule has 7 heteroatoms. The van der Waals surface area contributed by atoms with Gasteiger partial charge in [-0.15, -0.1) is 0 Å². The number of carbonyl (C=O) groups is 2. The Kier molecular flexibility index (Phi) is 3.48. The van der Waals surface area contributed by atoms with Crippen LogP contribution in [0.5, 0.6) is 11.5 Å². The molecular formula is C16H19N3O4. The summed E-state index contributed by atoms with van der Waals surface area (Å²) in [5.41, 5.74) is 1.47. The van der Waals surface area contributed by atoms with E-state index in [1.807, 2.05) is 11.0 Å². The fourth-order valence-electron chi connectivity index (χ4n) is 3.25. The molecule has 0 bridgehead atoms. The van der Waals surface area contributed by atoms with Crippen molar-refractivity contribution in [3.8, 4) is 11.5 Å². The Balaban J connectivity index is 1.59. The topological polar surface area (TPSA) is 71.1 Å². The van der Waals surface area contributed by atoms with Crippen molar-refractivity contribution >= 4 is 23.2 Å². The second-order valence-electron chi connectivity index (χ2n) is 6.00. The van der Waals surface area contributed by atoms with Crippen molar-refractivity contribution in [3.63, 3.8) is 0 Å². The van der Waals surface area contributed by atoms with E-state index in [0.717, 1.165) is 31.6 Å². The van der Waals surface area contributed by atoms with E-state index in [0.29, 0.717) is 17.2 Å². The van der Waals surface area contributed by atoms with Crippen LogP contribution in [0.15, 0.2) is 12.1 Å². The number of hydrogen-bond acceptors (Lipinski definition) is 5. The summed E-state index contributed by atoms with van der Waals surface area (Å²) in [6.45, 7) is 2.01. The van der Waals surface area contributed by atoms with Gasteiger partial charge in [0.25, 0.3) is 0 Å². The third-order valence-corrected chi connectivity index (χ3v) is 4.51. The first-order chi connectivity index (χ1) is 11.2. The molecule has 0 saturated carbocycles. The van der Waals surface area contributed by atoms with Gasteiger partial charge in [0, 0.05) is 25.2 Å². The number of benzene rings is 1. The lowest BCUT2D eigenvalue weighted by Crippen LogP contribution is -2.48. The van der Waals surface area contributed by atoms with Crippen LogP contribution in [-0.2, 0) is 9.59 Å². The summed E-state index contributed by atoms with van der Waals surface area (Å²) in [6.07, 6.45) is 3.25. The van der Waals surface area contributed by atoms with Crippen LogP contribution in [-0.4, -0.2) is 49.7 Å². The smallest absolute Gasteiger partial charge is 0.246 e. The van der Waals surface area contributed by atoms with Crippen molar-refractivity contribution in [3.05, 3.63) is 12.1 Å². The van der Waals surface area contributed by atoms with Crippen LogP contribution in [0.3, 0.4) is 0 Å². The molecular weight excluding hydrogens is 298 g/mol. The van der Waals surface area contributed by atoms with Crippen LogP contribution in [0.2, 0.25) is 0 Å². The summed E-state index contributed by atoms with van der Waals surface area (Å²) in [6, 6.07) is 3.59. The summed E-state index contributed by atoms with van der Waals surface area (Å²) >= 11 is 0. The summed E-state index contributed by atoms with van der Waals surface area (Å²) in [7, 11) is 0. The van der Waals surface area contributed by atoms with Crippen molar-refractivity contribution in [1.29, 1.82) is 0 Å². The number of nitrogens with zero attached hydrogens (tertiary/aromatic N) is 2. The highest BCUT2D eigenvalue weighted by molar-refractivity contribution is 6.06. The van der Waals surface area contributed by atoms with Gasteiger partial charge in [0.15, 0.2) is 11.5 Å². The Hall–Kier alpha value is -2.44. The Morgan fingerprint density at radius 3 is 2.65 bits per heavy atom. The number of rotatable bonds is 2. The molecule has 3 aliphatic rings. The zero-order valence-corrected chi connectivity index (χ0v) is 12.8. The fraction of sp³-hybridized carbons (Fsp3) is 0.500. The highest BCUT2D eigenvalue weighted by Gasteiger charge is 2.30. The largest absolute Gasteiger partial charge is 0.454 e. The van der Waals surface area contributed by atoms with Gasteiger partial charge in [-0.25, -0.2) is 0 Å². The molecule has 1 fully saturated rings. The normalized spacial score (nSPS) is 19.4. The summed E-state index contributed by atoms with van der Waals surface area (Å²) in [5, 5.41) is 3.07. The Labute approximate surface area is 134 Å². The summed E-state index contributed by atoms with van der Waals surface area (Å²) in [5.74, 6) is 1.16. The number of ether oxygens (including phenoxy) is 2. The van der Waals surface area contributed by atoms with E-state index in [4.69, 9.17) is 9.47 Å². The maximum absolute atomic E-state index is 12.5. The summed E-state index contributed by atoms with van der Waals surface area (Å²) in [4.78, 5) is 28.2. The lowest BCUT2D eigenvalue weighted by molar-refractivity contribution is -0.132. The predicted octanol–water partition coefficient (Wildman–Crippen LogP) is 1.19.